The Morgan fingerprint density at radius 1 is 0.294 bits per heavy atom. The number of benzene rings is 11. The molecule has 2 nitrogen and oxygen atoms in total. The van der Waals surface area contributed by atoms with Crippen LogP contribution in [0.15, 0.2) is 218 Å². The summed E-state index contributed by atoms with van der Waals surface area (Å²) >= 11 is 0. The molecule has 0 unspecified atom stereocenters. The van der Waals surface area contributed by atoms with E-state index in [0.717, 1.165) is 22.7 Å². The summed E-state index contributed by atoms with van der Waals surface area (Å²) in [6.07, 6.45) is 0. The van der Waals surface area contributed by atoms with E-state index in [-0.39, 0.29) is 10.8 Å². The van der Waals surface area contributed by atoms with Crippen molar-refractivity contribution < 1.29 is 0 Å². The van der Waals surface area contributed by atoms with E-state index in [1.165, 1.54) is 110 Å². The van der Waals surface area contributed by atoms with Gasteiger partial charge < -0.3 is 9.47 Å². The van der Waals surface area contributed by atoms with Gasteiger partial charge in [0.15, 0.2) is 0 Å². The number of anilines is 3. The van der Waals surface area contributed by atoms with Gasteiger partial charge in [-0.15, -0.1) is 0 Å². The molecule has 0 radical (unpaired) electrons. The molecular formula is C66H48N2. The topological polar surface area (TPSA) is 8.17 Å². The lowest BCUT2D eigenvalue weighted by atomic mass is 9.82. The highest BCUT2D eigenvalue weighted by Gasteiger charge is 2.37. The Morgan fingerprint density at radius 3 is 1.37 bits per heavy atom. The van der Waals surface area contributed by atoms with Crippen LogP contribution in [0.3, 0.4) is 0 Å². The molecule has 12 aromatic rings. The normalized spacial score (nSPS) is 14.1. The van der Waals surface area contributed by atoms with Crippen LogP contribution in [-0.4, -0.2) is 4.57 Å². The van der Waals surface area contributed by atoms with Crippen LogP contribution in [0.2, 0.25) is 0 Å². The summed E-state index contributed by atoms with van der Waals surface area (Å²) < 4.78 is 2.53. The Hall–Kier alpha value is -8.20. The van der Waals surface area contributed by atoms with E-state index >= 15 is 0 Å². The van der Waals surface area contributed by atoms with Crippen LogP contribution in [0, 0.1) is 0 Å². The van der Waals surface area contributed by atoms with Gasteiger partial charge in [-0.2, -0.15) is 0 Å². The largest absolute Gasteiger partial charge is 0.310 e. The summed E-state index contributed by atoms with van der Waals surface area (Å²) in [4.78, 5) is 2.43. The van der Waals surface area contributed by atoms with Crippen molar-refractivity contribution in [3.05, 3.63) is 241 Å². The first-order valence-electron chi connectivity index (χ1n) is 24.0. The third kappa shape index (κ3) is 5.46. The zero-order chi connectivity index (χ0) is 45.5. The predicted octanol–water partition coefficient (Wildman–Crippen LogP) is 18.0. The summed E-state index contributed by atoms with van der Waals surface area (Å²) in [7, 11) is 0. The molecule has 0 atom stereocenters. The first-order chi connectivity index (χ1) is 33.2. The van der Waals surface area contributed by atoms with Crippen molar-refractivity contribution in [3.63, 3.8) is 0 Å². The summed E-state index contributed by atoms with van der Waals surface area (Å²) in [6, 6.07) is 81.8. The predicted molar refractivity (Wildman–Crippen MR) is 289 cm³/mol. The smallest absolute Gasteiger partial charge is 0.0547 e. The maximum atomic E-state index is 2.53. The number of nitrogens with zero attached hydrogens (tertiary/aromatic N) is 2. The molecule has 0 saturated heterocycles. The minimum atomic E-state index is -0.134. The minimum absolute atomic E-state index is 0.122. The van der Waals surface area contributed by atoms with Crippen LogP contribution in [0.5, 0.6) is 0 Å². The van der Waals surface area contributed by atoms with Crippen molar-refractivity contribution >= 4 is 71.2 Å². The number of aromatic nitrogens is 1. The van der Waals surface area contributed by atoms with Gasteiger partial charge in [-0.05, 0) is 161 Å². The molecule has 1 aromatic heterocycles. The van der Waals surface area contributed by atoms with Gasteiger partial charge in [-0.1, -0.05) is 173 Å². The van der Waals surface area contributed by atoms with Crippen molar-refractivity contribution in [1.29, 1.82) is 0 Å². The first-order valence-corrected chi connectivity index (χ1v) is 24.0. The Labute approximate surface area is 397 Å². The van der Waals surface area contributed by atoms with E-state index in [0.29, 0.717) is 0 Å². The second kappa shape index (κ2) is 14.2. The monoisotopic (exact) mass is 868 g/mol. The zero-order valence-electron chi connectivity index (χ0n) is 38.7. The number of hydrogen-bond acceptors (Lipinski definition) is 1. The van der Waals surface area contributed by atoms with Gasteiger partial charge in [0.2, 0.25) is 0 Å². The minimum Gasteiger partial charge on any atom is -0.310 e. The molecule has 2 aliphatic carbocycles. The highest BCUT2D eigenvalue weighted by Crippen LogP contribution is 2.53. The van der Waals surface area contributed by atoms with Crippen molar-refractivity contribution in [2.75, 3.05) is 4.90 Å². The summed E-state index contributed by atoms with van der Waals surface area (Å²) in [5, 5.41) is 10.3. The maximum absolute atomic E-state index is 2.53. The standard InChI is InChI=1S/C66H48N2/c1-65(2)59-24-14-12-22-51(59)53-35-34-46(36-61(53)65)67(43-28-26-42(27-29-43)41-16-6-5-7-17-41)44-30-32-45(33-31-44)68-63-39-55-50-21-11-9-19-48(50)47-18-8-10-20-49(47)54(55)37-57(63)58-38-56-52-23-13-15-25-60(52)66(3,4)62(56)40-64(58)68/h5-40H,1-4H3. The molecule has 0 amide bonds. The van der Waals surface area contributed by atoms with Crippen LogP contribution in [-0.2, 0) is 10.8 Å². The molecule has 11 aromatic carbocycles. The quantitative estimate of drug-likeness (QED) is 0.156. The molecule has 2 aliphatic rings. The van der Waals surface area contributed by atoms with Gasteiger partial charge in [-0.3, -0.25) is 0 Å². The molecule has 14 rings (SSSR count). The second-order valence-electron chi connectivity index (χ2n) is 20.1. The van der Waals surface area contributed by atoms with Crippen LogP contribution in [0.25, 0.3) is 93.2 Å². The lowest BCUT2D eigenvalue weighted by Gasteiger charge is -2.28. The van der Waals surface area contributed by atoms with Crippen LogP contribution >= 0.6 is 0 Å². The lowest BCUT2D eigenvalue weighted by Crippen LogP contribution is -2.16. The fraction of sp³-hybridized carbons (Fsp3) is 0.0909. The number of hydrogen-bond donors (Lipinski definition) is 0. The van der Waals surface area contributed by atoms with Crippen LogP contribution < -0.4 is 4.90 Å². The molecule has 1 heterocycles. The van der Waals surface area contributed by atoms with E-state index in [4.69, 9.17) is 0 Å². The average molecular weight is 869 g/mol. The fourth-order valence-electron chi connectivity index (χ4n) is 12.3. The molecular weight excluding hydrogens is 821 g/mol. The summed E-state index contributed by atoms with van der Waals surface area (Å²) in [5.74, 6) is 0. The van der Waals surface area contributed by atoms with Gasteiger partial charge in [0, 0.05) is 44.4 Å². The van der Waals surface area contributed by atoms with Gasteiger partial charge in [0.1, 0.15) is 0 Å². The lowest BCUT2D eigenvalue weighted by molar-refractivity contribution is 0.660. The van der Waals surface area contributed by atoms with E-state index in [2.05, 4.69) is 256 Å². The molecule has 0 spiro atoms. The van der Waals surface area contributed by atoms with E-state index in [1.807, 2.05) is 0 Å². The highest BCUT2D eigenvalue weighted by molar-refractivity contribution is 6.29. The maximum Gasteiger partial charge on any atom is 0.0547 e. The first kappa shape index (κ1) is 39.0. The molecule has 0 saturated carbocycles. The third-order valence-corrected chi connectivity index (χ3v) is 15.8. The van der Waals surface area contributed by atoms with Crippen molar-refractivity contribution in [2.45, 2.75) is 38.5 Å². The fourth-order valence-corrected chi connectivity index (χ4v) is 12.3. The van der Waals surface area contributed by atoms with Crippen LogP contribution in [0.1, 0.15) is 49.9 Å². The zero-order valence-corrected chi connectivity index (χ0v) is 38.7. The van der Waals surface area contributed by atoms with Gasteiger partial charge in [0.25, 0.3) is 0 Å². The molecule has 0 N–H and O–H groups in total. The molecule has 68 heavy (non-hydrogen) atoms. The van der Waals surface area contributed by atoms with E-state index in [9.17, 15) is 0 Å². The number of fused-ring (bicyclic) bond motifs is 15. The Kier molecular flexibility index (Phi) is 8.12. The van der Waals surface area contributed by atoms with Crippen LogP contribution in [0.4, 0.5) is 17.1 Å². The SMILES string of the molecule is CC1(C)c2ccccc2-c2ccc(N(c3ccc(-c4ccccc4)cc3)c3ccc(-n4c5cc6c(cc5c5cc7c8ccccc8c8ccccc8c7cc54)-c4ccccc4C6(C)C)cc3)cc21. The van der Waals surface area contributed by atoms with E-state index in [1.54, 1.807) is 0 Å². The van der Waals surface area contributed by atoms with Gasteiger partial charge >= 0.3 is 0 Å². The van der Waals surface area contributed by atoms with E-state index < -0.39 is 0 Å². The number of rotatable bonds is 5. The van der Waals surface area contributed by atoms with Gasteiger partial charge in [-0.25, -0.2) is 0 Å². The Bertz CT molecular complexity index is 4060. The van der Waals surface area contributed by atoms with Crippen molar-refractivity contribution in [3.8, 4) is 39.1 Å². The Balaban J connectivity index is 0.989. The highest BCUT2D eigenvalue weighted by atomic mass is 15.1. The molecule has 0 fully saturated rings. The van der Waals surface area contributed by atoms with Gasteiger partial charge in [0.05, 0.1) is 11.0 Å². The average Bonchev–Trinajstić information content (AvgIpc) is 3.91. The van der Waals surface area contributed by atoms with Crippen molar-refractivity contribution in [2.24, 2.45) is 0 Å². The van der Waals surface area contributed by atoms with Crippen molar-refractivity contribution in [1.82, 2.24) is 4.57 Å². The Morgan fingerprint density at radius 2 is 0.735 bits per heavy atom. The molecule has 2 heteroatoms. The molecule has 0 bridgehead atoms. The second-order valence-corrected chi connectivity index (χ2v) is 20.1. The summed E-state index contributed by atoms with van der Waals surface area (Å²) in [5.41, 5.74) is 19.9. The molecule has 322 valence electrons. The summed E-state index contributed by atoms with van der Waals surface area (Å²) in [6.45, 7) is 9.50. The third-order valence-electron chi connectivity index (χ3n) is 15.8. The molecule has 0 aliphatic heterocycles.